The number of imidazole rings is 1. The Morgan fingerprint density at radius 1 is 1.04 bits per heavy atom. The molecule has 2 heterocycles. The van der Waals surface area contributed by atoms with E-state index >= 15 is 0 Å². The molecule has 124 valence electrons. The summed E-state index contributed by atoms with van der Waals surface area (Å²) in [6.07, 6.45) is 1.68. The van der Waals surface area contributed by atoms with Crippen molar-refractivity contribution in [2.45, 2.75) is 13.0 Å². The molecule has 0 unspecified atom stereocenters. The highest BCUT2D eigenvalue weighted by atomic mass is 16.3. The first-order chi connectivity index (χ1) is 12.3. The molecule has 6 nitrogen and oxygen atoms in total. The van der Waals surface area contributed by atoms with E-state index in [0.29, 0.717) is 18.1 Å². The molecule has 25 heavy (non-hydrogen) atoms. The van der Waals surface area contributed by atoms with Gasteiger partial charge < -0.3 is 14.7 Å². The number of fused-ring (bicyclic) bond motifs is 1. The third kappa shape index (κ3) is 3.42. The zero-order chi connectivity index (χ0) is 17.1. The van der Waals surface area contributed by atoms with Crippen LogP contribution in [-0.4, -0.2) is 20.9 Å². The van der Waals surface area contributed by atoms with E-state index in [-0.39, 0.29) is 12.3 Å². The Labute approximate surface area is 143 Å². The molecule has 0 bridgehead atoms. The van der Waals surface area contributed by atoms with Crippen LogP contribution in [0.25, 0.3) is 22.5 Å². The highest BCUT2D eigenvalue weighted by molar-refractivity contribution is 5.78. The van der Waals surface area contributed by atoms with Crippen LogP contribution in [0.1, 0.15) is 11.5 Å². The van der Waals surface area contributed by atoms with E-state index in [9.17, 15) is 4.79 Å². The third-order valence-electron chi connectivity index (χ3n) is 3.81. The third-order valence-corrected chi connectivity index (χ3v) is 3.81. The molecule has 0 aliphatic rings. The first-order valence-corrected chi connectivity index (χ1v) is 7.98. The molecule has 2 aromatic heterocycles. The quantitative estimate of drug-likeness (QED) is 0.588. The Morgan fingerprint density at radius 2 is 1.84 bits per heavy atom. The molecule has 0 spiro atoms. The maximum atomic E-state index is 12.1. The van der Waals surface area contributed by atoms with Crippen molar-refractivity contribution in [2.75, 3.05) is 0 Å². The second-order valence-corrected chi connectivity index (χ2v) is 5.66. The van der Waals surface area contributed by atoms with Crippen molar-refractivity contribution in [1.29, 1.82) is 0 Å². The molecule has 0 fully saturated rings. The van der Waals surface area contributed by atoms with Crippen LogP contribution in [-0.2, 0) is 17.8 Å². The normalized spacial score (nSPS) is 10.9. The van der Waals surface area contributed by atoms with Crippen LogP contribution >= 0.6 is 0 Å². The predicted octanol–water partition coefficient (Wildman–Crippen LogP) is 3.08. The first-order valence-electron chi connectivity index (χ1n) is 7.98. The van der Waals surface area contributed by atoms with Crippen molar-refractivity contribution in [3.05, 3.63) is 72.4 Å². The molecule has 2 aromatic carbocycles. The number of rotatable bonds is 5. The summed E-state index contributed by atoms with van der Waals surface area (Å²) in [7, 11) is 0. The summed E-state index contributed by atoms with van der Waals surface area (Å²) in [5.41, 5.74) is 3.32. The zero-order valence-electron chi connectivity index (χ0n) is 13.4. The Hall–Kier alpha value is -3.41. The molecular formula is C19H16N4O2. The predicted molar refractivity (Wildman–Crippen MR) is 93.6 cm³/mol. The van der Waals surface area contributed by atoms with Gasteiger partial charge in [0.25, 0.3) is 0 Å². The van der Waals surface area contributed by atoms with Gasteiger partial charge in [-0.2, -0.15) is 0 Å². The second kappa shape index (κ2) is 6.60. The molecule has 2 N–H and O–H groups in total. The standard InChI is InChI=1S/C19H16N4O2/c24-18(20-11-17-22-15-8-4-5-9-16(15)23-17)10-14-12-25-19(21-14)13-6-2-1-3-7-13/h1-9,12H,10-11H2,(H,20,24)(H,22,23). The Balaban J connectivity index is 1.37. The van der Waals surface area contributed by atoms with Crippen molar-refractivity contribution in [3.8, 4) is 11.5 Å². The number of hydrogen-bond donors (Lipinski definition) is 2. The summed E-state index contributed by atoms with van der Waals surface area (Å²) in [5, 5.41) is 2.84. The van der Waals surface area contributed by atoms with Crippen LogP contribution in [0.4, 0.5) is 0 Å². The number of nitrogens with zero attached hydrogens (tertiary/aromatic N) is 2. The number of benzene rings is 2. The molecule has 0 aliphatic carbocycles. The lowest BCUT2D eigenvalue weighted by atomic mass is 10.2. The van der Waals surface area contributed by atoms with E-state index in [1.54, 1.807) is 0 Å². The van der Waals surface area contributed by atoms with Gasteiger partial charge in [-0.05, 0) is 24.3 Å². The monoisotopic (exact) mass is 332 g/mol. The number of carbonyl (C=O) groups excluding carboxylic acids is 1. The lowest BCUT2D eigenvalue weighted by Gasteiger charge is -2.00. The fraction of sp³-hybridized carbons (Fsp3) is 0.105. The summed E-state index contributed by atoms with van der Waals surface area (Å²) in [4.78, 5) is 24.1. The average molecular weight is 332 g/mol. The van der Waals surface area contributed by atoms with Gasteiger partial charge in [0.2, 0.25) is 11.8 Å². The molecule has 6 heteroatoms. The first kappa shape index (κ1) is 15.1. The number of aromatic amines is 1. The molecule has 0 atom stereocenters. The van der Waals surface area contributed by atoms with Crippen molar-refractivity contribution in [1.82, 2.24) is 20.3 Å². The van der Waals surface area contributed by atoms with Crippen molar-refractivity contribution < 1.29 is 9.21 Å². The number of para-hydroxylation sites is 2. The van der Waals surface area contributed by atoms with Gasteiger partial charge in [0.15, 0.2) is 0 Å². The second-order valence-electron chi connectivity index (χ2n) is 5.66. The average Bonchev–Trinajstić information content (AvgIpc) is 3.27. The molecule has 0 saturated carbocycles. The molecular weight excluding hydrogens is 316 g/mol. The van der Waals surface area contributed by atoms with E-state index in [1.807, 2.05) is 54.6 Å². The molecule has 0 saturated heterocycles. The Morgan fingerprint density at radius 3 is 2.68 bits per heavy atom. The lowest BCUT2D eigenvalue weighted by molar-refractivity contribution is -0.120. The van der Waals surface area contributed by atoms with Gasteiger partial charge in [-0.15, -0.1) is 0 Å². The van der Waals surface area contributed by atoms with Gasteiger partial charge in [0.05, 0.1) is 29.7 Å². The minimum absolute atomic E-state index is 0.131. The van der Waals surface area contributed by atoms with E-state index in [1.165, 1.54) is 6.26 Å². The van der Waals surface area contributed by atoms with Crippen molar-refractivity contribution >= 4 is 16.9 Å². The van der Waals surface area contributed by atoms with E-state index in [4.69, 9.17) is 4.42 Å². The minimum atomic E-state index is -0.131. The molecule has 0 radical (unpaired) electrons. The maximum Gasteiger partial charge on any atom is 0.226 e. The molecule has 4 aromatic rings. The number of hydrogen-bond acceptors (Lipinski definition) is 4. The topological polar surface area (TPSA) is 83.8 Å². The fourth-order valence-corrected chi connectivity index (χ4v) is 2.60. The highest BCUT2D eigenvalue weighted by Crippen LogP contribution is 2.18. The van der Waals surface area contributed by atoms with Gasteiger partial charge in [0.1, 0.15) is 12.1 Å². The number of aromatic nitrogens is 3. The number of nitrogens with one attached hydrogen (secondary N) is 2. The van der Waals surface area contributed by atoms with E-state index in [2.05, 4.69) is 20.3 Å². The van der Waals surface area contributed by atoms with Gasteiger partial charge in [-0.1, -0.05) is 30.3 Å². The fourth-order valence-electron chi connectivity index (χ4n) is 2.60. The number of carbonyl (C=O) groups is 1. The molecule has 0 aliphatic heterocycles. The smallest absolute Gasteiger partial charge is 0.226 e. The number of H-pyrrole nitrogens is 1. The summed E-state index contributed by atoms with van der Waals surface area (Å²) in [6.45, 7) is 0.344. The van der Waals surface area contributed by atoms with Crippen LogP contribution in [0, 0.1) is 0 Å². The summed E-state index contributed by atoms with van der Waals surface area (Å²) in [5.74, 6) is 1.11. The van der Waals surface area contributed by atoms with E-state index < -0.39 is 0 Å². The summed E-state index contributed by atoms with van der Waals surface area (Å²) >= 11 is 0. The molecule has 4 rings (SSSR count). The maximum absolute atomic E-state index is 12.1. The van der Waals surface area contributed by atoms with Crippen LogP contribution in [0.5, 0.6) is 0 Å². The summed E-state index contributed by atoms with van der Waals surface area (Å²) in [6, 6.07) is 17.3. The van der Waals surface area contributed by atoms with Crippen LogP contribution in [0.15, 0.2) is 65.3 Å². The minimum Gasteiger partial charge on any atom is -0.444 e. The lowest BCUT2D eigenvalue weighted by Crippen LogP contribution is -2.25. The van der Waals surface area contributed by atoms with Crippen molar-refractivity contribution in [3.63, 3.8) is 0 Å². The Kier molecular flexibility index (Phi) is 4.00. The number of amides is 1. The van der Waals surface area contributed by atoms with Crippen molar-refractivity contribution in [2.24, 2.45) is 0 Å². The van der Waals surface area contributed by atoms with Crippen LogP contribution in [0.2, 0.25) is 0 Å². The van der Waals surface area contributed by atoms with E-state index in [0.717, 1.165) is 22.4 Å². The largest absolute Gasteiger partial charge is 0.444 e. The van der Waals surface area contributed by atoms with Crippen LogP contribution < -0.4 is 5.32 Å². The van der Waals surface area contributed by atoms with Gasteiger partial charge in [-0.3, -0.25) is 4.79 Å². The Bertz CT molecular complexity index is 971. The SMILES string of the molecule is O=C(Cc1coc(-c2ccccc2)n1)NCc1nc2ccccc2[nH]1. The van der Waals surface area contributed by atoms with Gasteiger partial charge in [0, 0.05) is 5.56 Å². The molecule has 1 amide bonds. The van der Waals surface area contributed by atoms with Crippen LogP contribution in [0.3, 0.4) is 0 Å². The van der Waals surface area contributed by atoms with Gasteiger partial charge >= 0.3 is 0 Å². The highest BCUT2D eigenvalue weighted by Gasteiger charge is 2.11. The zero-order valence-corrected chi connectivity index (χ0v) is 13.4. The van der Waals surface area contributed by atoms with Gasteiger partial charge in [-0.25, -0.2) is 9.97 Å². The summed E-state index contributed by atoms with van der Waals surface area (Å²) < 4.78 is 5.44. The number of oxazole rings is 1.